The van der Waals surface area contributed by atoms with Crippen molar-refractivity contribution in [3.05, 3.63) is 29.8 Å². The number of rotatable bonds is 3. The lowest BCUT2D eigenvalue weighted by Crippen LogP contribution is -2.26. The number of sulfonamides is 1. The van der Waals surface area contributed by atoms with Crippen molar-refractivity contribution in [3.8, 4) is 0 Å². The fourth-order valence-electron chi connectivity index (χ4n) is 1.68. The lowest BCUT2D eigenvalue weighted by Gasteiger charge is -2.09. The summed E-state index contributed by atoms with van der Waals surface area (Å²) in [6.07, 6.45) is 0.148. The highest BCUT2D eigenvalue weighted by molar-refractivity contribution is 8.15. The first-order valence-electron chi connectivity index (χ1n) is 5.00. The van der Waals surface area contributed by atoms with Gasteiger partial charge in [0.05, 0.1) is 10.1 Å². The van der Waals surface area contributed by atoms with E-state index in [9.17, 15) is 18.0 Å². The van der Waals surface area contributed by atoms with Crippen LogP contribution in [-0.4, -0.2) is 24.8 Å². The third-order valence-electron chi connectivity index (χ3n) is 2.45. The number of nitrogens with two attached hydrogens (primary N) is 1. The summed E-state index contributed by atoms with van der Waals surface area (Å²) in [4.78, 5) is 22.4. The molecule has 96 valence electrons. The summed E-state index contributed by atoms with van der Waals surface area (Å²) in [6, 6.07) is 6.17. The maximum Gasteiger partial charge on any atom is 0.286 e. The average Bonchev–Trinajstić information content (AvgIpc) is 2.57. The predicted octanol–water partition coefficient (Wildman–Crippen LogP) is 0.228. The van der Waals surface area contributed by atoms with Crippen LogP contribution in [0.25, 0.3) is 0 Å². The van der Waals surface area contributed by atoms with Gasteiger partial charge in [0, 0.05) is 0 Å². The highest BCUT2D eigenvalue weighted by atomic mass is 32.2. The predicted molar refractivity (Wildman–Crippen MR) is 66.4 cm³/mol. The van der Waals surface area contributed by atoms with Gasteiger partial charge in [-0.1, -0.05) is 30.0 Å². The molecule has 0 aromatic heterocycles. The molecule has 1 heterocycles. The van der Waals surface area contributed by atoms with Crippen molar-refractivity contribution in [2.45, 2.75) is 16.6 Å². The zero-order valence-corrected chi connectivity index (χ0v) is 10.8. The van der Waals surface area contributed by atoms with Gasteiger partial charge in [-0.05, 0) is 18.1 Å². The minimum Gasteiger partial charge on any atom is -0.286 e. The molecular formula is C10H10N2O4S2. The molecule has 1 aliphatic rings. The van der Waals surface area contributed by atoms with E-state index in [-0.39, 0.29) is 11.3 Å². The molecule has 1 unspecified atom stereocenters. The van der Waals surface area contributed by atoms with E-state index < -0.39 is 26.4 Å². The minimum atomic E-state index is -3.83. The zero-order valence-electron chi connectivity index (χ0n) is 9.12. The first-order valence-corrected chi connectivity index (χ1v) is 7.43. The number of primary sulfonamides is 1. The molecule has 3 N–H and O–H groups in total. The minimum absolute atomic E-state index is 0.0160. The first-order chi connectivity index (χ1) is 8.38. The second-order valence-electron chi connectivity index (χ2n) is 3.74. The molecular weight excluding hydrogens is 276 g/mol. The molecule has 0 spiro atoms. The van der Waals surface area contributed by atoms with Crippen LogP contribution in [0.5, 0.6) is 0 Å². The number of hydrogen-bond acceptors (Lipinski definition) is 5. The van der Waals surface area contributed by atoms with E-state index >= 15 is 0 Å². The van der Waals surface area contributed by atoms with E-state index in [1.807, 2.05) is 0 Å². The lowest BCUT2D eigenvalue weighted by molar-refractivity contribution is -0.118. The van der Waals surface area contributed by atoms with Gasteiger partial charge in [-0.2, -0.15) is 0 Å². The van der Waals surface area contributed by atoms with Crippen LogP contribution >= 0.6 is 11.8 Å². The molecule has 0 saturated carbocycles. The third-order valence-corrected chi connectivity index (χ3v) is 4.44. The Morgan fingerprint density at radius 1 is 1.28 bits per heavy atom. The first kappa shape index (κ1) is 13.1. The Morgan fingerprint density at radius 3 is 2.50 bits per heavy atom. The number of hydrogen-bond donors (Lipinski definition) is 2. The van der Waals surface area contributed by atoms with Gasteiger partial charge in [-0.15, -0.1) is 0 Å². The Bertz CT molecular complexity index is 612. The quantitative estimate of drug-likeness (QED) is 0.827. The molecule has 6 nitrogen and oxygen atoms in total. The van der Waals surface area contributed by atoms with Crippen molar-refractivity contribution in [1.29, 1.82) is 0 Å². The summed E-state index contributed by atoms with van der Waals surface area (Å²) < 4.78 is 22.8. The number of amides is 2. The monoisotopic (exact) mass is 286 g/mol. The van der Waals surface area contributed by atoms with Crippen LogP contribution < -0.4 is 10.5 Å². The van der Waals surface area contributed by atoms with Crippen molar-refractivity contribution >= 4 is 32.9 Å². The molecule has 1 aromatic rings. The fraction of sp³-hybridized carbons (Fsp3) is 0.200. The summed E-state index contributed by atoms with van der Waals surface area (Å²) in [5.74, 6) is -0.408. The number of benzene rings is 1. The van der Waals surface area contributed by atoms with Crippen LogP contribution in [0.1, 0.15) is 5.56 Å². The molecule has 18 heavy (non-hydrogen) atoms. The summed E-state index contributed by atoms with van der Waals surface area (Å²) >= 11 is 0.853. The summed E-state index contributed by atoms with van der Waals surface area (Å²) in [7, 11) is -3.83. The molecule has 0 radical (unpaired) electrons. The molecule has 1 aliphatic heterocycles. The Labute approximate surface area is 108 Å². The van der Waals surface area contributed by atoms with Gasteiger partial charge in [-0.3, -0.25) is 14.9 Å². The standard InChI is InChI=1S/C10H10N2O4S2/c11-18(15,16)8-4-2-1-3-6(8)5-7-9(13)12-10(14)17-7/h1-4,7H,5H2,(H2,11,15,16)(H,12,13,14). The number of thioether (sulfide) groups is 1. The van der Waals surface area contributed by atoms with E-state index in [2.05, 4.69) is 5.32 Å². The number of carbonyl (C=O) groups excluding carboxylic acids is 2. The second-order valence-corrected chi connectivity index (χ2v) is 6.45. The normalized spacial score (nSPS) is 19.9. The van der Waals surface area contributed by atoms with Gasteiger partial charge in [0.1, 0.15) is 0 Å². The highest BCUT2D eigenvalue weighted by Gasteiger charge is 2.32. The Hall–Kier alpha value is -1.38. The highest BCUT2D eigenvalue weighted by Crippen LogP contribution is 2.25. The van der Waals surface area contributed by atoms with Gasteiger partial charge in [0.25, 0.3) is 5.24 Å². The second kappa shape index (κ2) is 4.71. The van der Waals surface area contributed by atoms with Crippen LogP contribution in [0.3, 0.4) is 0 Å². The zero-order chi connectivity index (χ0) is 13.3. The molecule has 1 fully saturated rings. The van der Waals surface area contributed by atoms with Gasteiger partial charge in [0.15, 0.2) is 0 Å². The maximum absolute atomic E-state index is 11.4. The largest absolute Gasteiger partial charge is 0.286 e. The number of imide groups is 1. The molecule has 1 saturated heterocycles. The van der Waals surface area contributed by atoms with Crippen LogP contribution in [0.2, 0.25) is 0 Å². The van der Waals surface area contributed by atoms with Gasteiger partial charge in [-0.25, -0.2) is 13.6 Å². The van der Waals surface area contributed by atoms with E-state index in [0.29, 0.717) is 5.56 Å². The topological polar surface area (TPSA) is 106 Å². The van der Waals surface area contributed by atoms with Gasteiger partial charge < -0.3 is 0 Å². The third kappa shape index (κ3) is 2.71. The fourth-order valence-corrected chi connectivity index (χ4v) is 3.31. The summed E-state index contributed by atoms with van der Waals surface area (Å²) in [6.45, 7) is 0. The number of carbonyl (C=O) groups is 2. The molecule has 2 amide bonds. The lowest BCUT2D eigenvalue weighted by atomic mass is 10.1. The van der Waals surface area contributed by atoms with Gasteiger partial charge >= 0.3 is 0 Å². The van der Waals surface area contributed by atoms with E-state index in [1.165, 1.54) is 6.07 Å². The van der Waals surface area contributed by atoms with Crippen molar-refractivity contribution in [3.63, 3.8) is 0 Å². The molecule has 1 aromatic carbocycles. The van der Waals surface area contributed by atoms with Crippen molar-refractivity contribution in [1.82, 2.24) is 5.32 Å². The summed E-state index contributed by atoms with van der Waals surface area (Å²) in [5, 5.41) is 6.21. The van der Waals surface area contributed by atoms with Crippen LogP contribution in [0.4, 0.5) is 4.79 Å². The number of nitrogens with one attached hydrogen (secondary N) is 1. The Balaban J connectivity index is 2.30. The van der Waals surface area contributed by atoms with Crippen molar-refractivity contribution in [2.75, 3.05) is 0 Å². The molecule has 8 heteroatoms. The van der Waals surface area contributed by atoms with E-state index in [1.54, 1.807) is 18.2 Å². The molecule has 0 bridgehead atoms. The maximum atomic E-state index is 11.4. The average molecular weight is 286 g/mol. The Kier molecular flexibility index (Phi) is 3.42. The van der Waals surface area contributed by atoms with Crippen LogP contribution in [-0.2, 0) is 21.2 Å². The van der Waals surface area contributed by atoms with Crippen molar-refractivity contribution in [2.24, 2.45) is 5.14 Å². The smallest absolute Gasteiger partial charge is 0.286 e. The van der Waals surface area contributed by atoms with Crippen LogP contribution in [0, 0.1) is 0 Å². The van der Waals surface area contributed by atoms with E-state index in [4.69, 9.17) is 5.14 Å². The summed E-state index contributed by atoms with van der Waals surface area (Å²) in [5.41, 5.74) is 0.433. The Morgan fingerprint density at radius 2 is 1.94 bits per heavy atom. The van der Waals surface area contributed by atoms with Gasteiger partial charge in [0.2, 0.25) is 15.9 Å². The van der Waals surface area contributed by atoms with E-state index in [0.717, 1.165) is 11.8 Å². The molecule has 0 aliphatic carbocycles. The van der Waals surface area contributed by atoms with Crippen molar-refractivity contribution < 1.29 is 18.0 Å². The molecule has 2 rings (SSSR count). The SMILES string of the molecule is NS(=O)(=O)c1ccccc1CC1SC(=O)NC1=O. The van der Waals surface area contributed by atoms with Crippen LogP contribution in [0.15, 0.2) is 29.2 Å². The molecule has 1 atom stereocenters.